The van der Waals surface area contributed by atoms with Crippen molar-refractivity contribution in [2.75, 3.05) is 19.1 Å². The van der Waals surface area contributed by atoms with Gasteiger partial charge >= 0.3 is 0 Å². The van der Waals surface area contributed by atoms with Crippen LogP contribution in [0.1, 0.15) is 18.4 Å². The van der Waals surface area contributed by atoms with Crippen molar-refractivity contribution in [3.63, 3.8) is 0 Å². The molecule has 3 rings (SSSR count). The van der Waals surface area contributed by atoms with Gasteiger partial charge in [-0.3, -0.25) is 10.1 Å². The molecule has 24 heavy (non-hydrogen) atoms. The van der Waals surface area contributed by atoms with E-state index >= 15 is 0 Å². The summed E-state index contributed by atoms with van der Waals surface area (Å²) in [6, 6.07) is 9.26. The molecule has 0 bridgehead atoms. The summed E-state index contributed by atoms with van der Waals surface area (Å²) in [7, 11) is 3.26. The maximum atomic E-state index is 10.8. The molecule has 7 nitrogen and oxygen atoms in total. The lowest BCUT2D eigenvalue weighted by Gasteiger charge is -2.24. The average molecular weight is 329 g/mol. The third-order valence-corrected chi connectivity index (χ3v) is 4.05. The molecule has 1 aromatic heterocycles. The number of benzene rings is 1. The van der Waals surface area contributed by atoms with E-state index in [0.717, 1.165) is 35.7 Å². The monoisotopic (exact) mass is 329 g/mol. The predicted molar refractivity (Wildman–Crippen MR) is 89.6 cm³/mol. The number of nitrogens with zero attached hydrogens (tertiary/aromatic N) is 3. The number of nitro groups is 1. The fraction of sp³-hybridized carbons (Fsp3) is 0.353. The Bertz CT molecular complexity index is 729. The number of rotatable bonds is 7. The molecule has 1 heterocycles. The Labute approximate surface area is 140 Å². The van der Waals surface area contributed by atoms with Crippen LogP contribution in [0.2, 0.25) is 0 Å². The predicted octanol–water partition coefficient (Wildman–Crippen LogP) is 3.18. The Balaban J connectivity index is 1.88. The van der Waals surface area contributed by atoms with Gasteiger partial charge in [0.2, 0.25) is 0 Å². The minimum atomic E-state index is -0.441. The van der Waals surface area contributed by atoms with Crippen LogP contribution >= 0.6 is 0 Å². The van der Waals surface area contributed by atoms with E-state index in [1.165, 1.54) is 12.3 Å². The molecule has 0 aliphatic heterocycles. The lowest BCUT2D eigenvalue weighted by atomic mass is 10.1. The molecule has 0 spiro atoms. The van der Waals surface area contributed by atoms with Gasteiger partial charge in [-0.2, -0.15) is 0 Å². The SMILES string of the molecule is COc1ccc(OC)c(CN(c2ccc([N+](=O)[O-])cn2)C2CC2)c1. The van der Waals surface area contributed by atoms with Gasteiger partial charge < -0.3 is 14.4 Å². The molecule has 0 saturated heterocycles. The Kier molecular flexibility index (Phi) is 4.50. The van der Waals surface area contributed by atoms with Gasteiger partial charge in [0.25, 0.3) is 5.69 Å². The van der Waals surface area contributed by atoms with Crippen LogP contribution in [-0.2, 0) is 6.54 Å². The van der Waals surface area contributed by atoms with E-state index in [-0.39, 0.29) is 5.69 Å². The van der Waals surface area contributed by atoms with Crippen LogP contribution in [-0.4, -0.2) is 30.2 Å². The molecule has 1 saturated carbocycles. The van der Waals surface area contributed by atoms with E-state index in [9.17, 15) is 10.1 Å². The first-order chi connectivity index (χ1) is 11.6. The third-order valence-electron chi connectivity index (χ3n) is 4.05. The summed E-state index contributed by atoms with van der Waals surface area (Å²) in [5.74, 6) is 2.27. The molecular formula is C17H19N3O4. The second-order valence-corrected chi connectivity index (χ2v) is 5.67. The van der Waals surface area contributed by atoms with Crippen LogP contribution < -0.4 is 14.4 Å². The molecule has 1 aliphatic carbocycles. The summed E-state index contributed by atoms with van der Waals surface area (Å²) in [6.07, 6.45) is 3.48. The molecule has 0 amide bonds. The van der Waals surface area contributed by atoms with Crippen molar-refractivity contribution in [2.24, 2.45) is 0 Å². The Morgan fingerprint density at radius 1 is 1.25 bits per heavy atom. The number of aromatic nitrogens is 1. The lowest BCUT2D eigenvalue weighted by molar-refractivity contribution is -0.385. The van der Waals surface area contributed by atoms with Crippen molar-refractivity contribution in [2.45, 2.75) is 25.4 Å². The highest BCUT2D eigenvalue weighted by atomic mass is 16.6. The van der Waals surface area contributed by atoms with Gasteiger partial charge in [0, 0.05) is 24.2 Å². The first kappa shape index (κ1) is 16.0. The van der Waals surface area contributed by atoms with Gasteiger partial charge in [0.15, 0.2) is 0 Å². The molecule has 1 fully saturated rings. The van der Waals surface area contributed by atoms with Gasteiger partial charge in [-0.15, -0.1) is 0 Å². The summed E-state index contributed by atoms with van der Waals surface area (Å²) in [5.41, 5.74) is 0.984. The van der Waals surface area contributed by atoms with Crippen molar-refractivity contribution < 1.29 is 14.4 Å². The van der Waals surface area contributed by atoms with E-state index in [1.807, 2.05) is 18.2 Å². The average Bonchev–Trinajstić information content (AvgIpc) is 3.44. The zero-order valence-corrected chi connectivity index (χ0v) is 13.6. The maximum absolute atomic E-state index is 10.8. The van der Waals surface area contributed by atoms with Crippen molar-refractivity contribution in [3.05, 3.63) is 52.2 Å². The topological polar surface area (TPSA) is 77.7 Å². The van der Waals surface area contributed by atoms with Gasteiger partial charge in [0.1, 0.15) is 23.5 Å². The van der Waals surface area contributed by atoms with E-state index in [2.05, 4.69) is 9.88 Å². The second-order valence-electron chi connectivity index (χ2n) is 5.67. The summed E-state index contributed by atoms with van der Waals surface area (Å²) in [5, 5.41) is 10.8. The van der Waals surface area contributed by atoms with Crippen molar-refractivity contribution in [1.29, 1.82) is 0 Å². The van der Waals surface area contributed by atoms with Crippen LogP contribution in [0.4, 0.5) is 11.5 Å². The van der Waals surface area contributed by atoms with Crippen molar-refractivity contribution in [3.8, 4) is 11.5 Å². The van der Waals surface area contributed by atoms with Gasteiger partial charge in [0.05, 0.1) is 19.1 Å². The van der Waals surface area contributed by atoms with Crippen LogP contribution in [0.5, 0.6) is 11.5 Å². The van der Waals surface area contributed by atoms with E-state index in [1.54, 1.807) is 20.3 Å². The number of ether oxygens (including phenoxy) is 2. The summed E-state index contributed by atoms with van der Waals surface area (Å²) in [4.78, 5) is 16.8. The Hall–Kier alpha value is -2.83. The highest BCUT2D eigenvalue weighted by Crippen LogP contribution is 2.35. The second kappa shape index (κ2) is 6.74. The van der Waals surface area contributed by atoms with Crippen LogP contribution in [0, 0.1) is 10.1 Å². The summed E-state index contributed by atoms with van der Waals surface area (Å²) < 4.78 is 10.7. The highest BCUT2D eigenvalue weighted by molar-refractivity contribution is 5.49. The normalized spacial score (nSPS) is 13.4. The van der Waals surface area contributed by atoms with E-state index < -0.39 is 4.92 Å². The third kappa shape index (κ3) is 3.40. The first-order valence-electron chi connectivity index (χ1n) is 7.70. The number of pyridine rings is 1. The van der Waals surface area contributed by atoms with Crippen LogP contribution in [0.3, 0.4) is 0 Å². The lowest BCUT2D eigenvalue weighted by Crippen LogP contribution is -2.26. The smallest absolute Gasteiger partial charge is 0.287 e. The number of anilines is 1. The van der Waals surface area contributed by atoms with E-state index in [4.69, 9.17) is 9.47 Å². The van der Waals surface area contributed by atoms with Crippen molar-refractivity contribution in [1.82, 2.24) is 4.98 Å². The maximum Gasteiger partial charge on any atom is 0.287 e. The Morgan fingerprint density at radius 3 is 2.58 bits per heavy atom. The highest BCUT2D eigenvalue weighted by Gasteiger charge is 2.31. The van der Waals surface area contributed by atoms with Crippen LogP contribution in [0.15, 0.2) is 36.5 Å². The minimum absolute atomic E-state index is 0.00606. The molecule has 1 aromatic carbocycles. The van der Waals surface area contributed by atoms with Gasteiger partial charge in [-0.25, -0.2) is 4.98 Å². The summed E-state index contributed by atoms with van der Waals surface area (Å²) >= 11 is 0. The van der Waals surface area contributed by atoms with Gasteiger partial charge in [-0.1, -0.05) is 0 Å². The molecule has 126 valence electrons. The van der Waals surface area contributed by atoms with Gasteiger partial charge in [-0.05, 0) is 37.1 Å². The molecule has 2 aromatic rings. The number of hydrogen-bond acceptors (Lipinski definition) is 6. The number of methoxy groups -OCH3 is 2. The molecule has 0 radical (unpaired) electrons. The van der Waals surface area contributed by atoms with E-state index in [0.29, 0.717) is 12.6 Å². The molecular weight excluding hydrogens is 310 g/mol. The molecule has 0 unspecified atom stereocenters. The Morgan fingerprint density at radius 2 is 2.04 bits per heavy atom. The molecule has 0 N–H and O–H groups in total. The molecule has 0 atom stereocenters. The minimum Gasteiger partial charge on any atom is -0.497 e. The quantitative estimate of drug-likeness (QED) is 0.573. The zero-order chi connectivity index (χ0) is 17.1. The zero-order valence-electron chi connectivity index (χ0n) is 13.6. The number of hydrogen-bond donors (Lipinski definition) is 0. The van der Waals surface area contributed by atoms with Crippen molar-refractivity contribution >= 4 is 11.5 Å². The molecule has 1 aliphatic rings. The fourth-order valence-electron chi connectivity index (χ4n) is 2.63. The fourth-order valence-corrected chi connectivity index (χ4v) is 2.63. The first-order valence-corrected chi connectivity index (χ1v) is 7.70. The summed E-state index contributed by atoms with van der Waals surface area (Å²) in [6.45, 7) is 0.607. The molecule has 7 heteroatoms. The standard InChI is InChI=1S/C17H19N3O4/c1-23-15-6-7-16(24-2)12(9-15)11-19(13-3-4-13)17-8-5-14(10-18-17)20(21)22/h5-10,13H,3-4,11H2,1-2H3. The van der Waals surface area contributed by atoms with Crippen LogP contribution in [0.25, 0.3) is 0 Å². The largest absolute Gasteiger partial charge is 0.497 e.